The quantitative estimate of drug-likeness (QED) is 0.384. The summed E-state index contributed by atoms with van der Waals surface area (Å²) in [6.07, 6.45) is 1.00. The van der Waals surface area contributed by atoms with E-state index in [0.29, 0.717) is 18.7 Å². The van der Waals surface area contributed by atoms with Gasteiger partial charge in [0.2, 0.25) is 0 Å². The zero-order valence-corrected chi connectivity index (χ0v) is 21.0. The number of fused-ring (bicyclic) bond motifs is 1. The number of nitrogens with one attached hydrogen (secondary N) is 2. The lowest BCUT2D eigenvalue weighted by Crippen LogP contribution is -2.41. The molecule has 0 aliphatic heterocycles. The van der Waals surface area contributed by atoms with Crippen LogP contribution < -0.4 is 16.2 Å². The van der Waals surface area contributed by atoms with Crippen molar-refractivity contribution in [3.8, 4) is 0 Å². The molecule has 1 aromatic carbocycles. The van der Waals surface area contributed by atoms with Gasteiger partial charge in [-0.1, -0.05) is 26.8 Å². The fourth-order valence-corrected chi connectivity index (χ4v) is 4.20. The third-order valence-corrected chi connectivity index (χ3v) is 10.7. The monoisotopic (exact) mass is 470 g/mol. The van der Waals surface area contributed by atoms with Crippen molar-refractivity contribution in [2.45, 2.75) is 38.9 Å². The summed E-state index contributed by atoms with van der Waals surface area (Å²) in [5.41, 5.74) is 1.05. The van der Waals surface area contributed by atoms with Crippen molar-refractivity contribution in [3.05, 3.63) is 64.3 Å². The zero-order chi connectivity index (χ0) is 24.4. The number of nitrogens with zero attached hydrogens (tertiary/aromatic N) is 2. The molecule has 0 aliphatic carbocycles. The van der Waals surface area contributed by atoms with Crippen LogP contribution in [0.25, 0.3) is 10.9 Å². The second-order valence-electron chi connectivity index (χ2n) is 9.51. The van der Waals surface area contributed by atoms with Gasteiger partial charge < -0.3 is 19.6 Å². The lowest BCUT2D eigenvalue weighted by atomic mass is 10.1. The van der Waals surface area contributed by atoms with Crippen molar-refractivity contribution in [1.29, 1.82) is 0 Å². The molecule has 0 atom stereocenters. The van der Waals surface area contributed by atoms with Gasteiger partial charge in [-0.15, -0.1) is 0 Å². The summed E-state index contributed by atoms with van der Waals surface area (Å²) < 4.78 is 20.8. The summed E-state index contributed by atoms with van der Waals surface area (Å²) in [6.45, 7) is 12.2. The Labute approximate surface area is 194 Å². The summed E-state index contributed by atoms with van der Waals surface area (Å²) in [7, 11) is -0.219. The van der Waals surface area contributed by atoms with Gasteiger partial charge >= 0.3 is 0 Å². The number of carbonyl (C=O) groups is 1. The Morgan fingerprint density at radius 1 is 1.21 bits per heavy atom. The molecule has 3 aromatic rings. The smallest absolute Gasteiger partial charge is 0.263 e. The maximum atomic E-state index is 13.1. The molecule has 33 heavy (non-hydrogen) atoms. The van der Waals surface area contributed by atoms with Gasteiger partial charge in [-0.3, -0.25) is 9.59 Å². The summed E-state index contributed by atoms with van der Waals surface area (Å²) in [5.74, 6) is -0.951. The predicted molar refractivity (Wildman–Crippen MR) is 133 cm³/mol. The molecular formula is C24H31FN4O3Si. The van der Waals surface area contributed by atoms with Gasteiger partial charge in [0.15, 0.2) is 8.32 Å². The van der Waals surface area contributed by atoms with E-state index in [9.17, 15) is 14.0 Å². The molecule has 0 spiro atoms. The molecule has 0 unspecified atom stereocenters. The topological polar surface area (TPSA) is 85.2 Å². The molecule has 9 heteroatoms. The predicted octanol–water partition coefficient (Wildman–Crippen LogP) is 4.76. The summed E-state index contributed by atoms with van der Waals surface area (Å²) in [6, 6.07) is 9.71. The second-order valence-corrected chi connectivity index (χ2v) is 14.3. The number of aryl methyl sites for hydroxylation is 1. The fourth-order valence-electron chi connectivity index (χ4n) is 3.15. The van der Waals surface area contributed by atoms with Crippen LogP contribution in [0.1, 0.15) is 31.1 Å². The first kappa shape index (κ1) is 24.6. The first-order valence-corrected chi connectivity index (χ1v) is 13.7. The van der Waals surface area contributed by atoms with E-state index in [2.05, 4.69) is 49.5 Å². The first-order valence-electron chi connectivity index (χ1n) is 10.8. The number of aromatic nitrogens is 2. The molecule has 0 aliphatic rings. The molecule has 0 bridgehead atoms. The van der Waals surface area contributed by atoms with Crippen LogP contribution in [0.4, 0.5) is 15.9 Å². The molecular weight excluding hydrogens is 439 g/mol. The number of carbonyl (C=O) groups excluding carboxylic acids is 1. The Balaban J connectivity index is 1.84. The van der Waals surface area contributed by atoms with E-state index in [-0.39, 0.29) is 16.4 Å². The lowest BCUT2D eigenvalue weighted by Gasteiger charge is -2.36. The number of hydrogen-bond donors (Lipinski definition) is 2. The molecule has 0 fully saturated rings. The maximum Gasteiger partial charge on any atom is 0.263 e. The van der Waals surface area contributed by atoms with Crippen LogP contribution >= 0.6 is 0 Å². The Morgan fingerprint density at radius 2 is 1.94 bits per heavy atom. The highest BCUT2D eigenvalue weighted by atomic mass is 28.4. The Kier molecular flexibility index (Phi) is 7.04. The van der Waals surface area contributed by atoms with Crippen molar-refractivity contribution >= 4 is 36.6 Å². The van der Waals surface area contributed by atoms with Crippen LogP contribution in [0.5, 0.6) is 0 Å². The molecule has 1 amide bonds. The van der Waals surface area contributed by atoms with E-state index in [4.69, 9.17) is 4.43 Å². The highest BCUT2D eigenvalue weighted by molar-refractivity contribution is 6.74. The molecule has 0 saturated carbocycles. The highest BCUT2D eigenvalue weighted by Gasteiger charge is 2.36. The van der Waals surface area contributed by atoms with Crippen LogP contribution in [0.15, 0.2) is 47.4 Å². The molecule has 2 heterocycles. The molecule has 0 radical (unpaired) electrons. The van der Waals surface area contributed by atoms with E-state index < -0.39 is 25.6 Å². The standard InChI is InChI=1S/C24H31FN4O3Si/c1-24(2,3)33(5,6)32-13-12-26-19-8-7-9-20-17(19)14-18(23(31)29(20)4)22(30)28-21-11-10-16(25)15-27-21/h7-11,14-15,26H,12-13H2,1-6H3,(H,27,28,30). The highest BCUT2D eigenvalue weighted by Crippen LogP contribution is 2.36. The first-order chi connectivity index (χ1) is 15.4. The molecule has 2 N–H and O–H groups in total. The largest absolute Gasteiger partial charge is 0.415 e. The number of halogens is 1. The molecule has 2 aromatic heterocycles. The number of amides is 1. The Morgan fingerprint density at radius 3 is 2.58 bits per heavy atom. The Hall–Kier alpha value is -3.04. The van der Waals surface area contributed by atoms with Gasteiger partial charge in [0.1, 0.15) is 17.2 Å². The third kappa shape index (κ3) is 5.48. The van der Waals surface area contributed by atoms with Crippen molar-refractivity contribution in [1.82, 2.24) is 9.55 Å². The molecule has 7 nitrogen and oxygen atoms in total. The van der Waals surface area contributed by atoms with Gasteiger partial charge in [-0.05, 0) is 48.5 Å². The average molecular weight is 471 g/mol. The number of benzene rings is 1. The van der Waals surface area contributed by atoms with E-state index in [0.717, 1.165) is 17.3 Å². The minimum atomic E-state index is -1.85. The number of anilines is 2. The third-order valence-electron chi connectivity index (χ3n) is 6.17. The van der Waals surface area contributed by atoms with Crippen LogP contribution in [0.3, 0.4) is 0 Å². The van der Waals surface area contributed by atoms with Gasteiger partial charge in [-0.2, -0.15) is 0 Å². The normalized spacial score (nSPS) is 12.1. The minimum Gasteiger partial charge on any atom is -0.415 e. The second kappa shape index (κ2) is 9.44. The summed E-state index contributed by atoms with van der Waals surface area (Å²) >= 11 is 0. The van der Waals surface area contributed by atoms with E-state index >= 15 is 0 Å². The van der Waals surface area contributed by atoms with Gasteiger partial charge in [0.05, 0.1) is 18.3 Å². The van der Waals surface area contributed by atoms with E-state index in [1.807, 2.05) is 18.2 Å². The molecule has 0 saturated heterocycles. The Bertz CT molecular complexity index is 1220. The molecule has 3 rings (SSSR count). The van der Waals surface area contributed by atoms with Crippen LogP contribution in [-0.4, -0.2) is 36.9 Å². The van der Waals surface area contributed by atoms with Gasteiger partial charge in [0, 0.05) is 24.7 Å². The number of pyridine rings is 2. The van der Waals surface area contributed by atoms with Crippen LogP contribution in [0, 0.1) is 5.82 Å². The fraction of sp³-hybridized carbons (Fsp3) is 0.375. The van der Waals surface area contributed by atoms with Crippen LogP contribution in [0.2, 0.25) is 18.1 Å². The van der Waals surface area contributed by atoms with E-state index in [1.54, 1.807) is 13.1 Å². The van der Waals surface area contributed by atoms with Crippen LogP contribution in [-0.2, 0) is 11.5 Å². The lowest BCUT2D eigenvalue weighted by molar-refractivity contribution is 0.102. The van der Waals surface area contributed by atoms with Crippen molar-refractivity contribution in [2.75, 3.05) is 23.8 Å². The van der Waals surface area contributed by atoms with Crippen molar-refractivity contribution in [2.24, 2.45) is 7.05 Å². The SMILES string of the molecule is Cn1c(=O)c(C(=O)Nc2ccc(F)cn2)cc2c(NCCO[Si](C)(C)C(C)(C)C)cccc21. The van der Waals surface area contributed by atoms with Crippen molar-refractivity contribution in [3.63, 3.8) is 0 Å². The van der Waals surface area contributed by atoms with Gasteiger partial charge in [-0.25, -0.2) is 9.37 Å². The van der Waals surface area contributed by atoms with Gasteiger partial charge in [0.25, 0.3) is 11.5 Å². The van der Waals surface area contributed by atoms with Crippen molar-refractivity contribution < 1.29 is 13.6 Å². The molecule has 176 valence electrons. The zero-order valence-electron chi connectivity index (χ0n) is 20.0. The number of rotatable bonds is 7. The number of hydrogen-bond acceptors (Lipinski definition) is 5. The summed E-state index contributed by atoms with van der Waals surface area (Å²) in [4.78, 5) is 29.5. The summed E-state index contributed by atoms with van der Waals surface area (Å²) in [5, 5.41) is 6.80. The average Bonchev–Trinajstić information content (AvgIpc) is 2.74. The maximum absolute atomic E-state index is 13.1. The minimum absolute atomic E-state index is 0.0251. The van der Waals surface area contributed by atoms with E-state index in [1.165, 1.54) is 16.7 Å².